The number of ether oxygens (including phenoxy) is 1. The Morgan fingerprint density at radius 1 is 1.04 bits per heavy atom. The standard InChI is InChI=1S/C20H24N2O3/c21-14-17-8-4-5-9-18(17)25-20(24)16-10-12-22(13-11-16)19(23)15-6-2-1-3-7-15/h1-3,6-7,16-18H,4-5,8-13H2/t17-,18+/m0/s1. The summed E-state index contributed by atoms with van der Waals surface area (Å²) in [5.41, 5.74) is 0.683. The highest BCUT2D eigenvalue weighted by Crippen LogP contribution is 2.28. The van der Waals surface area contributed by atoms with E-state index >= 15 is 0 Å². The minimum absolute atomic E-state index is 0.0178. The maximum absolute atomic E-state index is 12.4. The molecule has 0 bridgehead atoms. The van der Waals surface area contributed by atoms with E-state index in [9.17, 15) is 14.9 Å². The Morgan fingerprint density at radius 3 is 2.40 bits per heavy atom. The van der Waals surface area contributed by atoms with Crippen molar-refractivity contribution < 1.29 is 14.3 Å². The molecule has 0 N–H and O–H groups in total. The van der Waals surface area contributed by atoms with Gasteiger partial charge in [-0.3, -0.25) is 9.59 Å². The molecule has 1 aromatic rings. The normalized spacial score (nSPS) is 24.4. The van der Waals surface area contributed by atoms with Crippen molar-refractivity contribution in [1.29, 1.82) is 5.26 Å². The highest BCUT2D eigenvalue weighted by Gasteiger charge is 2.33. The second kappa shape index (κ2) is 8.15. The number of piperidine rings is 1. The number of hydrogen-bond donors (Lipinski definition) is 0. The van der Waals surface area contributed by atoms with Crippen molar-refractivity contribution in [1.82, 2.24) is 4.90 Å². The van der Waals surface area contributed by atoms with Crippen LogP contribution in [0.15, 0.2) is 30.3 Å². The summed E-state index contributed by atoms with van der Waals surface area (Å²) in [6.07, 6.45) is 4.65. The largest absolute Gasteiger partial charge is 0.461 e. The molecular weight excluding hydrogens is 316 g/mol. The number of nitriles is 1. The Kier molecular flexibility index (Phi) is 5.70. The van der Waals surface area contributed by atoms with Gasteiger partial charge < -0.3 is 9.64 Å². The number of nitrogens with zero attached hydrogens (tertiary/aromatic N) is 2. The number of carbonyl (C=O) groups excluding carboxylic acids is 2. The molecule has 1 amide bonds. The lowest BCUT2D eigenvalue weighted by atomic mass is 9.87. The van der Waals surface area contributed by atoms with Gasteiger partial charge in [0.05, 0.1) is 17.9 Å². The van der Waals surface area contributed by atoms with Crippen molar-refractivity contribution in [3.63, 3.8) is 0 Å². The van der Waals surface area contributed by atoms with Gasteiger partial charge in [0.1, 0.15) is 6.10 Å². The molecule has 0 unspecified atom stereocenters. The Balaban J connectivity index is 1.51. The third-order valence-corrected chi connectivity index (χ3v) is 5.27. The lowest BCUT2D eigenvalue weighted by Crippen LogP contribution is -2.41. The van der Waals surface area contributed by atoms with E-state index in [1.54, 1.807) is 4.90 Å². The predicted molar refractivity (Wildman–Crippen MR) is 92.5 cm³/mol. The van der Waals surface area contributed by atoms with Crippen LogP contribution in [0.5, 0.6) is 0 Å². The van der Waals surface area contributed by atoms with E-state index in [2.05, 4.69) is 6.07 Å². The number of benzene rings is 1. The molecule has 0 spiro atoms. The molecule has 1 heterocycles. The molecule has 1 aliphatic heterocycles. The first-order valence-corrected chi connectivity index (χ1v) is 9.13. The number of amides is 1. The average molecular weight is 340 g/mol. The van der Waals surface area contributed by atoms with Crippen LogP contribution >= 0.6 is 0 Å². The van der Waals surface area contributed by atoms with Crippen LogP contribution in [0.3, 0.4) is 0 Å². The number of carbonyl (C=O) groups is 2. The second-order valence-corrected chi connectivity index (χ2v) is 6.93. The van der Waals surface area contributed by atoms with E-state index in [1.165, 1.54) is 0 Å². The summed E-state index contributed by atoms with van der Waals surface area (Å²) in [5, 5.41) is 9.20. The SMILES string of the molecule is N#C[C@@H]1CCCC[C@H]1OC(=O)C1CCN(C(=O)c2ccccc2)CC1. The van der Waals surface area contributed by atoms with Crippen LogP contribution in [-0.2, 0) is 9.53 Å². The van der Waals surface area contributed by atoms with Gasteiger partial charge in [0.25, 0.3) is 5.91 Å². The first kappa shape index (κ1) is 17.5. The van der Waals surface area contributed by atoms with Gasteiger partial charge in [-0.15, -0.1) is 0 Å². The summed E-state index contributed by atoms with van der Waals surface area (Å²) >= 11 is 0. The fourth-order valence-electron chi connectivity index (χ4n) is 3.71. The molecule has 1 aliphatic carbocycles. The zero-order valence-electron chi connectivity index (χ0n) is 14.4. The maximum Gasteiger partial charge on any atom is 0.309 e. The minimum atomic E-state index is -0.254. The summed E-state index contributed by atoms with van der Waals surface area (Å²) in [7, 11) is 0. The Morgan fingerprint density at radius 2 is 1.72 bits per heavy atom. The van der Waals surface area contributed by atoms with Gasteiger partial charge >= 0.3 is 5.97 Å². The van der Waals surface area contributed by atoms with Gasteiger partial charge in [0, 0.05) is 18.7 Å². The molecule has 5 heteroatoms. The Hall–Kier alpha value is -2.35. The molecule has 1 aromatic carbocycles. The predicted octanol–water partition coefficient (Wildman–Crippen LogP) is 3.16. The van der Waals surface area contributed by atoms with Gasteiger partial charge in [-0.2, -0.15) is 5.26 Å². The van der Waals surface area contributed by atoms with E-state index < -0.39 is 0 Å². The smallest absolute Gasteiger partial charge is 0.309 e. The third-order valence-electron chi connectivity index (χ3n) is 5.27. The van der Waals surface area contributed by atoms with E-state index in [0.717, 1.165) is 25.7 Å². The second-order valence-electron chi connectivity index (χ2n) is 6.93. The van der Waals surface area contributed by atoms with Crippen LogP contribution in [0.2, 0.25) is 0 Å². The molecule has 5 nitrogen and oxygen atoms in total. The zero-order valence-corrected chi connectivity index (χ0v) is 14.4. The molecule has 25 heavy (non-hydrogen) atoms. The summed E-state index contributed by atoms with van der Waals surface area (Å²) in [6, 6.07) is 11.5. The number of rotatable bonds is 3. The monoisotopic (exact) mass is 340 g/mol. The van der Waals surface area contributed by atoms with Crippen molar-refractivity contribution in [2.24, 2.45) is 11.8 Å². The molecular formula is C20H24N2O3. The highest BCUT2D eigenvalue weighted by molar-refractivity contribution is 5.94. The maximum atomic E-state index is 12.4. The summed E-state index contributed by atoms with van der Waals surface area (Å²) in [6.45, 7) is 1.14. The minimum Gasteiger partial charge on any atom is -0.461 e. The molecule has 0 radical (unpaired) electrons. The summed E-state index contributed by atoms with van der Waals surface area (Å²) < 4.78 is 5.65. The van der Waals surface area contributed by atoms with Gasteiger partial charge in [0.2, 0.25) is 0 Å². The topological polar surface area (TPSA) is 70.4 Å². The molecule has 3 rings (SSSR count). The van der Waals surface area contributed by atoms with Crippen molar-refractivity contribution in [2.75, 3.05) is 13.1 Å². The van der Waals surface area contributed by atoms with Gasteiger partial charge in [-0.25, -0.2) is 0 Å². The molecule has 2 atom stereocenters. The summed E-state index contributed by atoms with van der Waals surface area (Å²) in [5.74, 6) is -0.512. The van der Waals surface area contributed by atoms with Gasteiger partial charge in [-0.05, 0) is 44.2 Å². The van der Waals surface area contributed by atoms with Crippen molar-refractivity contribution in [3.8, 4) is 6.07 Å². The Labute approximate surface area is 148 Å². The van der Waals surface area contributed by atoms with E-state index in [-0.39, 0.29) is 29.8 Å². The van der Waals surface area contributed by atoms with Crippen molar-refractivity contribution in [3.05, 3.63) is 35.9 Å². The lowest BCUT2D eigenvalue weighted by Gasteiger charge is -2.33. The molecule has 1 saturated heterocycles. The highest BCUT2D eigenvalue weighted by atomic mass is 16.5. The first-order valence-electron chi connectivity index (χ1n) is 9.13. The van der Waals surface area contributed by atoms with E-state index in [4.69, 9.17) is 4.74 Å². The van der Waals surface area contributed by atoms with Crippen molar-refractivity contribution in [2.45, 2.75) is 44.6 Å². The quantitative estimate of drug-likeness (QED) is 0.793. The molecule has 0 aromatic heterocycles. The van der Waals surface area contributed by atoms with Crippen LogP contribution in [0.4, 0.5) is 0 Å². The molecule has 2 aliphatic rings. The third kappa shape index (κ3) is 4.19. The average Bonchev–Trinajstić information content (AvgIpc) is 2.68. The van der Waals surface area contributed by atoms with E-state index in [0.29, 0.717) is 31.5 Å². The fraction of sp³-hybridized carbons (Fsp3) is 0.550. The first-order chi connectivity index (χ1) is 12.2. The lowest BCUT2D eigenvalue weighted by molar-refractivity contribution is -0.158. The van der Waals surface area contributed by atoms with Crippen LogP contribution < -0.4 is 0 Å². The Bertz CT molecular complexity index is 645. The van der Waals surface area contributed by atoms with Crippen LogP contribution in [0.25, 0.3) is 0 Å². The zero-order chi connectivity index (χ0) is 17.6. The van der Waals surface area contributed by atoms with Crippen LogP contribution in [0.1, 0.15) is 48.9 Å². The van der Waals surface area contributed by atoms with E-state index in [1.807, 2.05) is 30.3 Å². The van der Waals surface area contributed by atoms with Gasteiger partial charge in [0.15, 0.2) is 0 Å². The number of likely N-dealkylation sites (tertiary alicyclic amines) is 1. The molecule has 132 valence electrons. The van der Waals surface area contributed by atoms with Gasteiger partial charge in [-0.1, -0.05) is 24.6 Å². The number of hydrogen-bond acceptors (Lipinski definition) is 4. The van der Waals surface area contributed by atoms with Crippen molar-refractivity contribution >= 4 is 11.9 Å². The number of esters is 1. The van der Waals surface area contributed by atoms with Crippen LogP contribution in [0, 0.1) is 23.2 Å². The fourth-order valence-corrected chi connectivity index (χ4v) is 3.71. The molecule has 1 saturated carbocycles. The molecule has 2 fully saturated rings. The van der Waals surface area contributed by atoms with Crippen LogP contribution in [-0.4, -0.2) is 36.0 Å². The summed E-state index contributed by atoms with van der Waals surface area (Å²) in [4.78, 5) is 26.7.